The van der Waals surface area contributed by atoms with E-state index in [1.165, 1.54) is 5.56 Å². The molecule has 0 fully saturated rings. The lowest BCUT2D eigenvalue weighted by Gasteiger charge is -2.05. The van der Waals surface area contributed by atoms with E-state index in [0.717, 1.165) is 39.0 Å². The summed E-state index contributed by atoms with van der Waals surface area (Å²) < 4.78 is 0. The average Bonchev–Trinajstić information content (AvgIpc) is 3.08. The summed E-state index contributed by atoms with van der Waals surface area (Å²) in [7, 11) is 0. The van der Waals surface area contributed by atoms with Crippen LogP contribution in [0.4, 0.5) is 5.69 Å². The molecule has 0 radical (unpaired) electrons. The van der Waals surface area contributed by atoms with Crippen LogP contribution in [0, 0.1) is 10.1 Å². The number of nitrogens with zero attached hydrogens (tertiary/aromatic N) is 1. The number of rotatable bonds is 3. The summed E-state index contributed by atoms with van der Waals surface area (Å²) in [5.41, 5.74) is 8.71. The first-order chi connectivity index (χ1) is 14.2. The summed E-state index contributed by atoms with van der Waals surface area (Å²) in [5.74, 6) is 0. The van der Waals surface area contributed by atoms with Crippen molar-refractivity contribution in [2.24, 2.45) is 0 Å². The lowest BCUT2D eigenvalue weighted by molar-refractivity contribution is -0.384. The van der Waals surface area contributed by atoms with Crippen molar-refractivity contribution in [2.45, 2.75) is 0 Å². The number of fused-ring (bicyclic) bond motifs is 3. The van der Waals surface area contributed by atoms with Crippen molar-refractivity contribution in [2.75, 3.05) is 0 Å². The maximum absolute atomic E-state index is 11.3. The first-order valence-electron chi connectivity index (χ1n) is 9.46. The average molecular weight is 375 g/mol. The number of nitro groups is 1. The SMILES string of the molecule is O=[N+]([O-])c1ccc2c(c1)/C(=C\c1ccc(-c3ccccc3)cc1)c1ccccc1-2. The van der Waals surface area contributed by atoms with Gasteiger partial charge in [-0.15, -0.1) is 0 Å². The van der Waals surface area contributed by atoms with Crippen LogP contribution in [0.25, 0.3) is 33.9 Å². The van der Waals surface area contributed by atoms with Crippen LogP contribution in [0.15, 0.2) is 97.1 Å². The molecule has 0 saturated carbocycles. The first-order valence-corrected chi connectivity index (χ1v) is 9.46. The lowest BCUT2D eigenvalue weighted by Crippen LogP contribution is -1.89. The molecule has 4 aromatic carbocycles. The third-order valence-electron chi connectivity index (χ3n) is 5.34. The Bertz CT molecular complexity index is 1260. The van der Waals surface area contributed by atoms with Gasteiger partial charge in [-0.2, -0.15) is 0 Å². The minimum Gasteiger partial charge on any atom is -0.258 e. The van der Waals surface area contributed by atoms with Crippen molar-refractivity contribution in [3.8, 4) is 22.3 Å². The molecular formula is C26H17NO2. The zero-order valence-corrected chi connectivity index (χ0v) is 15.6. The molecule has 1 aliphatic carbocycles. The Morgan fingerprint density at radius 3 is 1.97 bits per heavy atom. The van der Waals surface area contributed by atoms with Gasteiger partial charge in [0.05, 0.1) is 4.92 Å². The van der Waals surface area contributed by atoms with Crippen molar-refractivity contribution in [1.29, 1.82) is 0 Å². The molecule has 3 heteroatoms. The lowest BCUT2D eigenvalue weighted by atomic mass is 9.99. The van der Waals surface area contributed by atoms with E-state index in [-0.39, 0.29) is 10.6 Å². The number of nitro benzene ring substituents is 1. The van der Waals surface area contributed by atoms with E-state index in [0.29, 0.717) is 0 Å². The van der Waals surface area contributed by atoms with Gasteiger partial charge in [-0.3, -0.25) is 10.1 Å². The number of hydrogen-bond acceptors (Lipinski definition) is 2. The largest absolute Gasteiger partial charge is 0.270 e. The number of non-ortho nitro benzene ring substituents is 1. The van der Waals surface area contributed by atoms with Crippen molar-refractivity contribution in [3.05, 3.63) is 124 Å². The van der Waals surface area contributed by atoms with Crippen LogP contribution in [0.1, 0.15) is 16.7 Å². The first kappa shape index (κ1) is 17.1. The molecule has 0 heterocycles. The smallest absolute Gasteiger partial charge is 0.258 e. The van der Waals surface area contributed by atoms with Crippen LogP contribution in [-0.2, 0) is 0 Å². The maximum atomic E-state index is 11.3. The molecule has 0 unspecified atom stereocenters. The number of benzene rings is 4. The van der Waals surface area contributed by atoms with Gasteiger partial charge >= 0.3 is 0 Å². The molecule has 0 bridgehead atoms. The van der Waals surface area contributed by atoms with Crippen molar-refractivity contribution < 1.29 is 4.92 Å². The molecule has 0 atom stereocenters. The zero-order chi connectivity index (χ0) is 19.8. The van der Waals surface area contributed by atoms with Crippen LogP contribution in [0.5, 0.6) is 0 Å². The minimum atomic E-state index is -0.338. The number of hydrogen-bond donors (Lipinski definition) is 0. The Morgan fingerprint density at radius 2 is 1.24 bits per heavy atom. The van der Waals surface area contributed by atoms with Gasteiger partial charge in [0.2, 0.25) is 0 Å². The highest BCUT2D eigenvalue weighted by molar-refractivity contribution is 6.07. The van der Waals surface area contributed by atoms with Gasteiger partial charge in [0.15, 0.2) is 0 Å². The normalized spacial score (nSPS) is 13.2. The topological polar surface area (TPSA) is 43.1 Å². The fourth-order valence-electron chi connectivity index (χ4n) is 3.93. The van der Waals surface area contributed by atoms with E-state index in [1.54, 1.807) is 12.1 Å². The highest BCUT2D eigenvalue weighted by atomic mass is 16.6. The molecule has 4 aromatic rings. The van der Waals surface area contributed by atoms with E-state index in [9.17, 15) is 10.1 Å². The molecule has 0 amide bonds. The van der Waals surface area contributed by atoms with E-state index < -0.39 is 0 Å². The van der Waals surface area contributed by atoms with Crippen LogP contribution < -0.4 is 0 Å². The fraction of sp³-hybridized carbons (Fsp3) is 0. The summed E-state index contributed by atoms with van der Waals surface area (Å²) in [4.78, 5) is 11.0. The van der Waals surface area contributed by atoms with Gasteiger partial charge in [-0.1, -0.05) is 78.9 Å². The predicted molar refractivity (Wildman–Crippen MR) is 117 cm³/mol. The molecule has 0 saturated heterocycles. The fourth-order valence-corrected chi connectivity index (χ4v) is 3.93. The van der Waals surface area contributed by atoms with E-state index in [2.05, 4.69) is 54.6 Å². The summed E-state index contributed by atoms with van der Waals surface area (Å²) >= 11 is 0. The highest BCUT2D eigenvalue weighted by Gasteiger charge is 2.25. The van der Waals surface area contributed by atoms with Gasteiger partial charge < -0.3 is 0 Å². The van der Waals surface area contributed by atoms with Crippen molar-refractivity contribution >= 4 is 17.3 Å². The van der Waals surface area contributed by atoms with Crippen LogP contribution >= 0.6 is 0 Å². The van der Waals surface area contributed by atoms with Crippen molar-refractivity contribution in [3.63, 3.8) is 0 Å². The van der Waals surface area contributed by atoms with E-state index >= 15 is 0 Å². The predicted octanol–water partition coefficient (Wildman–Crippen LogP) is 6.83. The molecule has 0 aromatic heterocycles. The molecular weight excluding hydrogens is 358 g/mol. The van der Waals surface area contributed by atoms with Gasteiger partial charge in [0.25, 0.3) is 5.69 Å². The summed E-state index contributed by atoms with van der Waals surface area (Å²) in [6.45, 7) is 0. The quantitative estimate of drug-likeness (QED) is 0.256. The maximum Gasteiger partial charge on any atom is 0.270 e. The third kappa shape index (κ3) is 3.03. The van der Waals surface area contributed by atoms with E-state index in [1.807, 2.05) is 36.4 Å². The molecule has 138 valence electrons. The van der Waals surface area contributed by atoms with Gasteiger partial charge in [0, 0.05) is 12.1 Å². The molecule has 0 N–H and O–H groups in total. The molecule has 1 aliphatic rings. The van der Waals surface area contributed by atoms with Gasteiger partial charge in [0.1, 0.15) is 0 Å². The third-order valence-corrected chi connectivity index (χ3v) is 5.34. The Morgan fingerprint density at radius 1 is 0.621 bits per heavy atom. The highest BCUT2D eigenvalue weighted by Crippen LogP contribution is 2.46. The molecule has 3 nitrogen and oxygen atoms in total. The molecule has 5 rings (SSSR count). The van der Waals surface area contributed by atoms with Gasteiger partial charge in [-0.25, -0.2) is 0 Å². The summed E-state index contributed by atoms with van der Waals surface area (Å²) in [6.07, 6.45) is 2.11. The van der Waals surface area contributed by atoms with Gasteiger partial charge in [-0.05, 0) is 56.7 Å². The Hall–Kier alpha value is -3.98. The van der Waals surface area contributed by atoms with Crippen LogP contribution in [0.3, 0.4) is 0 Å². The van der Waals surface area contributed by atoms with Crippen LogP contribution in [0.2, 0.25) is 0 Å². The summed E-state index contributed by atoms with van der Waals surface area (Å²) in [6, 6.07) is 31.9. The Kier molecular flexibility index (Phi) is 4.07. The van der Waals surface area contributed by atoms with Crippen LogP contribution in [-0.4, -0.2) is 4.92 Å². The minimum absolute atomic E-state index is 0.113. The second kappa shape index (κ2) is 6.88. The second-order valence-electron chi connectivity index (χ2n) is 7.08. The molecule has 0 spiro atoms. The van der Waals surface area contributed by atoms with E-state index in [4.69, 9.17) is 0 Å². The molecule has 0 aliphatic heterocycles. The Balaban J connectivity index is 1.61. The second-order valence-corrected chi connectivity index (χ2v) is 7.08. The zero-order valence-electron chi connectivity index (χ0n) is 15.6. The monoisotopic (exact) mass is 375 g/mol. The standard InChI is InChI=1S/C26H17NO2/c28-27(29)21-14-15-24-22-8-4-5-9-23(22)25(26(24)17-21)16-18-10-12-20(13-11-18)19-6-2-1-3-7-19/h1-17H/b25-16-. The molecule has 29 heavy (non-hydrogen) atoms. The Labute approximate surface area is 168 Å². The van der Waals surface area contributed by atoms with Crippen molar-refractivity contribution in [1.82, 2.24) is 0 Å². The summed E-state index contributed by atoms with van der Waals surface area (Å²) in [5, 5.41) is 11.3.